The Labute approximate surface area is 143 Å². The third kappa shape index (κ3) is 2.29. The van der Waals surface area contributed by atoms with Gasteiger partial charge in [0.1, 0.15) is 12.4 Å². The molecule has 0 radical (unpaired) electrons. The lowest BCUT2D eigenvalue weighted by molar-refractivity contribution is 0.307. The van der Waals surface area contributed by atoms with E-state index < -0.39 is 0 Å². The average Bonchev–Trinajstić information content (AvgIpc) is 2.85. The molecule has 1 aliphatic rings. The van der Waals surface area contributed by atoms with E-state index in [0.717, 1.165) is 28.6 Å². The number of fused-ring (bicyclic) bond motifs is 3. The van der Waals surface area contributed by atoms with Crippen LogP contribution in [-0.2, 0) is 13.7 Å². The molecule has 0 unspecified atom stereocenters. The molecule has 0 spiro atoms. The Balaban J connectivity index is 2.07. The summed E-state index contributed by atoms with van der Waals surface area (Å²) >= 11 is 3.79. The molecule has 1 aromatic heterocycles. The summed E-state index contributed by atoms with van der Waals surface area (Å²) in [5.41, 5.74) is 5.91. The number of hydrogen-bond donors (Lipinski definition) is 0. The van der Waals surface area contributed by atoms with Crippen LogP contribution in [0.5, 0.6) is 5.75 Å². The van der Waals surface area contributed by atoms with Gasteiger partial charge in [-0.1, -0.05) is 41.1 Å². The molecule has 0 bridgehead atoms. The van der Waals surface area contributed by atoms with Crippen molar-refractivity contribution in [1.29, 1.82) is 0 Å². The quantitative estimate of drug-likeness (QED) is 0.602. The van der Waals surface area contributed by atoms with Gasteiger partial charge in [-0.15, -0.1) is 0 Å². The zero-order valence-electron chi connectivity index (χ0n) is 13.1. The van der Waals surface area contributed by atoms with Crippen molar-refractivity contribution in [2.45, 2.75) is 20.0 Å². The number of ether oxygens (including phenoxy) is 1. The van der Waals surface area contributed by atoms with Gasteiger partial charge < -0.3 is 4.74 Å². The summed E-state index contributed by atoms with van der Waals surface area (Å²) in [5, 5.41) is 5.53. The molecule has 2 heterocycles. The number of rotatable bonds is 1. The van der Waals surface area contributed by atoms with Gasteiger partial charge in [-0.25, -0.2) is 0 Å². The zero-order valence-corrected chi connectivity index (χ0v) is 14.7. The lowest BCUT2D eigenvalue weighted by Gasteiger charge is -2.13. The largest absolute Gasteiger partial charge is 0.488 e. The first-order valence-electron chi connectivity index (χ1n) is 7.75. The van der Waals surface area contributed by atoms with Crippen LogP contribution < -0.4 is 4.74 Å². The third-order valence-corrected chi connectivity index (χ3v) is 5.32. The van der Waals surface area contributed by atoms with Crippen molar-refractivity contribution in [1.82, 2.24) is 9.78 Å². The summed E-state index contributed by atoms with van der Waals surface area (Å²) in [5.74, 6) is 0.936. The summed E-state index contributed by atoms with van der Waals surface area (Å²) in [4.78, 5) is 0. The number of halogens is 1. The minimum atomic E-state index is 0.570. The van der Waals surface area contributed by atoms with Crippen LogP contribution in [0.4, 0.5) is 0 Å². The molecular weight excluding hydrogens is 352 g/mol. The molecule has 23 heavy (non-hydrogen) atoms. The Kier molecular flexibility index (Phi) is 3.49. The van der Waals surface area contributed by atoms with Gasteiger partial charge >= 0.3 is 0 Å². The lowest BCUT2D eigenvalue weighted by Crippen LogP contribution is -1.98. The van der Waals surface area contributed by atoms with Gasteiger partial charge in [-0.05, 0) is 35.7 Å². The van der Waals surface area contributed by atoms with E-state index in [-0.39, 0.29) is 0 Å². The number of benzene rings is 2. The summed E-state index contributed by atoms with van der Waals surface area (Å²) < 4.78 is 9.18. The molecule has 4 heteroatoms. The van der Waals surface area contributed by atoms with Crippen LogP contribution in [0.3, 0.4) is 0 Å². The van der Waals surface area contributed by atoms with Crippen molar-refractivity contribution in [3.05, 3.63) is 63.8 Å². The fourth-order valence-corrected chi connectivity index (χ4v) is 3.59. The van der Waals surface area contributed by atoms with Crippen LogP contribution in [0.2, 0.25) is 0 Å². The van der Waals surface area contributed by atoms with E-state index in [9.17, 15) is 0 Å². The van der Waals surface area contributed by atoms with Crippen molar-refractivity contribution in [2.75, 3.05) is 0 Å². The Morgan fingerprint density at radius 3 is 2.91 bits per heavy atom. The molecule has 4 rings (SSSR count). The Bertz CT molecular complexity index is 940. The highest BCUT2D eigenvalue weighted by molar-refractivity contribution is 9.11. The van der Waals surface area contributed by atoms with Crippen molar-refractivity contribution in [3.63, 3.8) is 0 Å². The fraction of sp³-hybridized carbons (Fsp3) is 0.211. The fourth-order valence-electron chi connectivity index (χ4n) is 3.16. The molecule has 0 amide bonds. The van der Waals surface area contributed by atoms with E-state index in [4.69, 9.17) is 4.74 Å². The molecule has 3 aromatic rings. The Morgan fingerprint density at radius 2 is 2.09 bits per heavy atom. The number of nitrogens with zero attached hydrogens (tertiary/aromatic N) is 2. The summed E-state index contributed by atoms with van der Waals surface area (Å²) in [6, 6.07) is 12.7. The first-order chi connectivity index (χ1) is 11.2. The highest BCUT2D eigenvalue weighted by Crippen LogP contribution is 2.41. The normalized spacial score (nSPS) is 15.6. The molecule has 3 nitrogen and oxygen atoms in total. The molecule has 0 atom stereocenters. The molecule has 2 aromatic carbocycles. The average molecular weight is 369 g/mol. The second-order valence-electron chi connectivity index (χ2n) is 5.75. The predicted molar refractivity (Wildman–Crippen MR) is 96.7 cm³/mol. The van der Waals surface area contributed by atoms with Crippen LogP contribution in [0.25, 0.3) is 16.5 Å². The topological polar surface area (TPSA) is 27.1 Å². The van der Waals surface area contributed by atoms with E-state index >= 15 is 0 Å². The van der Waals surface area contributed by atoms with Crippen LogP contribution in [0, 0.1) is 0 Å². The minimum Gasteiger partial charge on any atom is -0.488 e. The SMILES string of the molecule is CCC(Br)=C1c2cc3cnn(C)c3cc2COc2ccccc21. The van der Waals surface area contributed by atoms with Gasteiger partial charge in [0.2, 0.25) is 0 Å². The Hall–Kier alpha value is -2.07. The maximum atomic E-state index is 6.08. The van der Waals surface area contributed by atoms with Crippen molar-refractivity contribution < 1.29 is 4.74 Å². The van der Waals surface area contributed by atoms with E-state index in [1.807, 2.05) is 30.1 Å². The first kappa shape index (κ1) is 14.5. The van der Waals surface area contributed by atoms with E-state index in [0.29, 0.717) is 6.61 Å². The Morgan fingerprint density at radius 1 is 1.26 bits per heavy atom. The molecule has 116 valence electrons. The van der Waals surface area contributed by atoms with E-state index in [1.165, 1.54) is 21.2 Å². The van der Waals surface area contributed by atoms with Crippen LogP contribution in [0.15, 0.2) is 47.1 Å². The van der Waals surface area contributed by atoms with Gasteiger partial charge in [0.15, 0.2) is 0 Å². The molecule has 0 saturated heterocycles. The standard InChI is InChI=1S/C19H17BrN2O/c1-3-16(20)19-14-6-4-5-7-18(14)23-11-13-9-17-12(8-15(13)19)10-21-22(17)2/h4-10H,3,11H2,1-2H3. The minimum absolute atomic E-state index is 0.570. The van der Waals surface area contributed by atoms with Gasteiger partial charge in [0.25, 0.3) is 0 Å². The second kappa shape index (κ2) is 5.53. The third-order valence-electron chi connectivity index (χ3n) is 4.36. The monoisotopic (exact) mass is 368 g/mol. The highest BCUT2D eigenvalue weighted by atomic mass is 79.9. The molecule has 0 aliphatic carbocycles. The van der Waals surface area contributed by atoms with E-state index in [1.54, 1.807) is 0 Å². The smallest absolute Gasteiger partial charge is 0.127 e. The van der Waals surface area contributed by atoms with Gasteiger partial charge in [0.05, 0.1) is 11.7 Å². The predicted octanol–water partition coefficient (Wildman–Crippen LogP) is 5.03. The lowest BCUT2D eigenvalue weighted by atomic mass is 9.92. The zero-order chi connectivity index (χ0) is 16.0. The molecular formula is C19H17BrN2O. The maximum absolute atomic E-state index is 6.08. The molecule has 0 fully saturated rings. The van der Waals surface area contributed by atoms with Crippen molar-refractivity contribution in [2.24, 2.45) is 7.05 Å². The van der Waals surface area contributed by atoms with Gasteiger partial charge in [-0.2, -0.15) is 5.10 Å². The number of hydrogen-bond acceptors (Lipinski definition) is 2. The number of aromatic nitrogens is 2. The first-order valence-corrected chi connectivity index (χ1v) is 8.54. The molecule has 0 N–H and O–H groups in total. The number of para-hydroxylation sites is 1. The summed E-state index contributed by atoms with van der Waals surface area (Å²) in [6.45, 7) is 2.73. The van der Waals surface area contributed by atoms with Crippen LogP contribution in [-0.4, -0.2) is 9.78 Å². The van der Waals surface area contributed by atoms with Crippen LogP contribution >= 0.6 is 15.9 Å². The number of allylic oxidation sites excluding steroid dienone is 1. The van der Waals surface area contributed by atoms with Gasteiger partial charge in [0, 0.05) is 28.1 Å². The van der Waals surface area contributed by atoms with Crippen molar-refractivity contribution in [3.8, 4) is 5.75 Å². The summed E-state index contributed by atoms with van der Waals surface area (Å²) in [6.07, 6.45) is 2.86. The summed E-state index contributed by atoms with van der Waals surface area (Å²) in [7, 11) is 1.97. The molecule has 0 saturated carbocycles. The van der Waals surface area contributed by atoms with Crippen LogP contribution in [0.1, 0.15) is 30.0 Å². The van der Waals surface area contributed by atoms with Crippen molar-refractivity contribution >= 4 is 32.4 Å². The maximum Gasteiger partial charge on any atom is 0.127 e. The van der Waals surface area contributed by atoms with E-state index in [2.05, 4.69) is 52.2 Å². The highest BCUT2D eigenvalue weighted by Gasteiger charge is 2.22. The molecule has 1 aliphatic heterocycles. The second-order valence-corrected chi connectivity index (χ2v) is 6.71. The van der Waals surface area contributed by atoms with Gasteiger partial charge in [-0.3, -0.25) is 4.68 Å². The number of aryl methyl sites for hydroxylation is 1.